The molecule has 6 heteroatoms. The maximum atomic E-state index is 12.2. The van der Waals surface area contributed by atoms with E-state index >= 15 is 0 Å². The molecule has 0 saturated carbocycles. The molecule has 0 unspecified atom stereocenters. The van der Waals surface area contributed by atoms with E-state index in [-0.39, 0.29) is 11.7 Å². The van der Waals surface area contributed by atoms with Gasteiger partial charge in [0, 0.05) is 43.1 Å². The Morgan fingerprint density at radius 1 is 1.17 bits per heavy atom. The van der Waals surface area contributed by atoms with Crippen LogP contribution in [0, 0.1) is 0 Å². The number of methoxy groups -OCH3 is 1. The maximum Gasteiger partial charge on any atom is 0.230 e. The largest absolute Gasteiger partial charge is 0.496 e. The molecule has 0 atom stereocenters. The Morgan fingerprint density at radius 2 is 1.97 bits per heavy atom. The molecule has 2 aromatic rings. The highest BCUT2D eigenvalue weighted by Crippen LogP contribution is 2.25. The van der Waals surface area contributed by atoms with Crippen LogP contribution in [0.2, 0.25) is 0 Å². The molecule has 5 nitrogen and oxygen atoms in total. The Balaban J connectivity index is 1.39. The highest BCUT2D eigenvalue weighted by atomic mass is 32.2. The number of Topliss-reactive ketones (excluding diaryl/α,β-unsaturated/α-hetero) is 1. The van der Waals surface area contributed by atoms with Crippen molar-refractivity contribution in [1.29, 1.82) is 0 Å². The molecule has 1 heterocycles. The van der Waals surface area contributed by atoms with E-state index in [4.69, 9.17) is 4.74 Å². The van der Waals surface area contributed by atoms with Gasteiger partial charge in [0.2, 0.25) is 5.91 Å². The Hall–Kier alpha value is -2.31. The van der Waals surface area contributed by atoms with Gasteiger partial charge in [0.05, 0.1) is 12.9 Å². The number of nitrogens with one attached hydrogen (secondary N) is 1. The summed E-state index contributed by atoms with van der Waals surface area (Å²) in [4.78, 5) is 26.1. The molecule has 1 aliphatic rings. The third-order valence-electron chi connectivity index (χ3n) is 5.14. The van der Waals surface area contributed by atoms with Crippen LogP contribution in [0.15, 0.2) is 42.5 Å². The summed E-state index contributed by atoms with van der Waals surface area (Å²) in [6.07, 6.45) is 1.07. The summed E-state index contributed by atoms with van der Waals surface area (Å²) in [7, 11) is 1.61. The third-order valence-corrected chi connectivity index (χ3v) is 6.12. The second kappa shape index (κ2) is 10.5. The van der Waals surface area contributed by atoms with Gasteiger partial charge in [-0.05, 0) is 42.7 Å². The molecule has 0 aliphatic carbocycles. The second-order valence-electron chi connectivity index (χ2n) is 7.22. The number of ketones is 1. The van der Waals surface area contributed by atoms with Crippen LogP contribution in [-0.4, -0.2) is 49.1 Å². The van der Waals surface area contributed by atoms with E-state index in [0.29, 0.717) is 23.6 Å². The molecule has 0 saturated heterocycles. The SMILES string of the molecule is COc1ccc(C(C)=O)cc1CSCC(=O)NCCN1CCc2ccccc2C1. The molecule has 1 aliphatic heterocycles. The van der Waals surface area contributed by atoms with Crippen molar-refractivity contribution in [1.82, 2.24) is 10.2 Å². The van der Waals surface area contributed by atoms with E-state index in [0.717, 1.165) is 37.4 Å². The first-order valence-electron chi connectivity index (χ1n) is 9.88. The minimum Gasteiger partial charge on any atom is -0.496 e. The zero-order valence-corrected chi connectivity index (χ0v) is 17.9. The molecule has 0 bridgehead atoms. The minimum absolute atomic E-state index is 0.0250. The van der Waals surface area contributed by atoms with Crippen molar-refractivity contribution in [3.63, 3.8) is 0 Å². The number of benzene rings is 2. The number of carbonyl (C=O) groups excluding carboxylic acids is 2. The lowest BCUT2D eigenvalue weighted by Crippen LogP contribution is -2.38. The maximum absolute atomic E-state index is 12.2. The van der Waals surface area contributed by atoms with Crippen molar-refractivity contribution in [2.24, 2.45) is 0 Å². The molecular formula is C23H28N2O3S. The van der Waals surface area contributed by atoms with Crippen molar-refractivity contribution >= 4 is 23.5 Å². The summed E-state index contributed by atoms with van der Waals surface area (Å²) in [5, 5.41) is 3.01. The van der Waals surface area contributed by atoms with Crippen molar-refractivity contribution in [3.05, 3.63) is 64.7 Å². The quantitative estimate of drug-likeness (QED) is 0.641. The van der Waals surface area contributed by atoms with Crippen LogP contribution in [0.1, 0.15) is 34.0 Å². The van der Waals surface area contributed by atoms with Crippen molar-refractivity contribution < 1.29 is 14.3 Å². The van der Waals surface area contributed by atoms with E-state index in [1.165, 1.54) is 22.9 Å². The van der Waals surface area contributed by atoms with Gasteiger partial charge in [0.25, 0.3) is 0 Å². The van der Waals surface area contributed by atoms with Gasteiger partial charge in [0.15, 0.2) is 5.78 Å². The number of carbonyl (C=O) groups is 2. The zero-order valence-electron chi connectivity index (χ0n) is 17.1. The topological polar surface area (TPSA) is 58.6 Å². The fraction of sp³-hybridized carbons (Fsp3) is 0.391. The Bertz CT molecular complexity index is 869. The fourth-order valence-corrected chi connectivity index (χ4v) is 4.35. The van der Waals surface area contributed by atoms with E-state index < -0.39 is 0 Å². The molecule has 0 aromatic heterocycles. The minimum atomic E-state index is 0.0250. The number of fused-ring (bicyclic) bond motifs is 1. The van der Waals surface area contributed by atoms with Crippen molar-refractivity contribution in [3.8, 4) is 5.75 Å². The average Bonchev–Trinajstić information content (AvgIpc) is 2.73. The molecule has 0 radical (unpaired) electrons. The Morgan fingerprint density at radius 3 is 2.72 bits per heavy atom. The van der Waals surface area contributed by atoms with Gasteiger partial charge in [0.1, 0.15) is 5.75 Å². The first-order chi connectivity index (χ1) is 14.1. The molecule has 0 fully saturated rings. The Labute approximate surface area is 176 Å². The monoisotopic (exact) mass is 412 g/mol. The number of ether oxygens (including phenoxy) is 1. The van der Waals surface area contributed by atoms with Crippen LogP contribution in [0.25, 0.3) is 0 Å². The van der Waals surface area contributed by atoms with Crippen molar-refractivity contribution in [2.75, 3.05) is 32.5 Å². The van der Waals surface area contributed by atoms with Gasteiger partial charge in [-0.1, -0.05) is 24.3 Å². The number of hydrogen-bond donors (Lipinski definition) is 1. The third kappa shape index (κ3) is 6.08. The molecule has 3 rings (SSSR count). The van der Waals surface area contributed by atoms with E-state index in [1.807, 2.05) is 12.1 Å². The van der Waals surface area contributed by atoms with Crippen LogP contribution < -0.4 is 10.1 Å². The summed E-state index contributed by atoms with van der Waals surface area (Å²) in [6, 6.07) is 14.0. The van der Waals surface area contributed by atoms with Gasteiger partial charge < -0.3 is 10.1 Å². The normalized spacial score (nSPS) is 13.6. The molecule has 29 heavy (non-hydrogen) atoms. The highest BCUT2D eigenvalue weighted by molar-refractivity contribution is 7.99. The summed E-state index contributed by atoms with van der Waals surface area (Å²) in [5.41, 5.74) is 4.43. The zero-order chi connectivity index (χ0) is 20.6. The summed E-state index contributed by atoms with van der Waals surface area (Å²) >= 11 is 1.52. The smallest absolute Gasteiger partial charge is 0.230 e. The average molecular weight is 413 g/mol. The summed E-state index contributed by atoms with van der Waals surface area (Å²) < 4.78 is 5.36. The standard InChI is InChI=1S/C23H28N2O3S/c1-17(26)19-7-8-22(28-2)21(13-19)15-29-16-23(27)24-10-12-25-11-9-18-5-3-4-6-20(18)14-25/h3-8,13H,9-12,14-16H2,1-2H3,(H,24,27). The lowest BCUT2D eigenvalue weighted by molar-refractivity contribution is -0.118. The predicted molar refractivity (Wildman–Crippen MR) is 118 cm³/mol. The van der Waals surface area contributed by atoms with Crippen LogP contribution in [0.4, 0.5) is 0 Å². The number of nitrogens with zero attached hydrogens (tertiary/aromatic N) is 1. The van der Waals surface area contributed by atoms with Gasteiger partial charge in [-0.25, -0.2) is 0 Å². The van der Waals surface area contributed by atoms with Crippen LogP contribution in [0.3, 0.4) is 0 Å². The summed E-state index contributed by atoms with van der Waals surface area (Å²) in [5.74, 6) is 1.82. The highest BCUT2D eigenvalue weighted by Gasteiger charge is 2.15. The van der Waals surface area contributed by atoms with E-state index in [1.54, 1.807) is 20.1 Å². The van der Waals surface area contributed by atoms with Gasteiger partial charge >= 0.3 is 0 Å². The summed E-state index contributed by atoms with van der Waals surface area (Å²) in [6.45, 7) is 5.05. The molecule has 154 valence electrons. The molecule has 0 spiro atoms. The number of rotatable bonds is 9. The lowest BCUT2D eigenvalue weighted by atomic mass is 10.00. The van der Waals surface area contributed by atoms with Crippen molar-refractivity contribution in [2.45, 2.75) is 25.6 Å². The first kappa shape index (κ1) is 21.4. The van der Waals surface area contributed by atoms with Crippen LogP contribution >= 0.6 is 11.8 Å². The number of amides is 1. The predicted octanol–water partition coefficient (Wildman–Crippen LogP) is 3.31. The Kier molecular flexibility index (Phi) is 7.72. The molecule has 1 amide bonds. The molecular weight excluding hydrogens is 384 g/mol. The van der Waals surface area contributed by atoms with Crippen LogP contribution in [-0.2, 0) is 23.5 Å². The lowest BCUT2D eigenvalue weighted by Gasteiger charge is -2.28. The van der Waals surface area contributed by atoms with Gasteiger partial charge in [-0.3, -0.25) is 14.5 Å². The van der Waals surface area contributed by atoms with Gasteiger partial charge in [-0.2, -0.15) is 0 Å². The van der Waals surface area contributed by atoms with Crippen LogP contribution in [0.5, 0.6) is 5.75 Å². The van der Waals surface area contributed by atoms with Gasteiger partial charge in [-0.15, -0.1) is 11.8 Å². The fourth-order valence-electron chi connectivity index (χ4n) is 3.51. The number of hydrogen-bond acceptors (Lipinski definition) is 5. The molecule has 2 aromatic carbocycles. The van der Waals surface area contributed by atoms with E-state index in [9.17, 15) is 9.59 Å². The molecule has 1 N–H and O–H groups in total. The first-order valence-corrected chi connectivity index (χ1v) is 11.0. The number of thioether (sulfide) groups is 1. The second-order valence-corrected chi connectivity index (χ2v) is 8.21. The van der Waals surface area contributed by atoms with E-state index in [2.05, 4.69) is 34.5 Å².